The van der Waals surface area contributed by atoms with Gasteiger partial charge in [0.05, 0.1) is 13.5 Å². The van der Waals surface area contributed by atoms with Gasteiger partial charge in [-0.05, 0) is 31.2 Å². The van der Waals surface area contributed by atoms with Crippen molar-refractivity contribution in [3.8, 4) is 5.75 Å². The molecular weight excluding hydrogens is 288 g/mol. The average molecular weight is 311 g/mol. The minimum Gasteiger partial charge on any atom is -0.496 e. The van der Waals surface area contributed by atoms with Crippen LogP contribution < -0.4 is 4.74 Å². The van der Waals surface area contributed by atoms with Crippen molar-refractivity contribution in [2.24, 2.45) is 0 Å². The average Bonchev–Trinajstić information content (AvgIpc) is 2.47. The Balaban J connectivity index is 2.06. The Morgan fingerprint density at radius 3 is 2.52 bits per heavy atom. The summed E-state index contributed by atoms with van der Waals surface area (Å²) in [7, 11) is 1.63. The molecular formula is C16H23ClN2O2. The Bertz CT molecular complexity index is 511. The first kappa shape index (κ1) is 16.1. The van der Waals surface area contributed by atoms with Crippen LogP contribution in [0.2, 0.25) is 5.02 Å². The van der Waals surface area contributed by atoms with Crippen LogP contribution in [0.15, 0.2) is 12.1 Å². The zero-order valence-corrected chi connectivity index (χ0v) is 13.7. The number of hydrogen-bond acceptors (Lipinski definition) is 3. The number of rotatable bonds is 4. The first-order valence-electron chi connectivity index (χ1n) is 7.38. The van der Waals surface area contributed by atoms with E-state index < -0.39 is 0 Å². The Hall–Kier alpha value is -1.26. The fourth-order valence-electron chi connectivity index (χ4n) is 2.81. The maximum atomic E-state index is 12.5. The normalized spacial score (nSPS) is 16.1. The van der Waals surface area contributed by atoms with Crippen LogP contribution in [0.4, 0.5) is 0 Å². The molecule has 21 heavy (non-hydrogen) atoms. The summed E-state index contributed by atoms with van der Waals surface area (Å²) in [6.07, 6.45) is 0.344. The van der Waals surface area contributed by atoms with Crippen LogP contribution in [-0.4, -0.2) is 55.5 Å². The molecule has 1 fully saturated rings. The predicted octanol–water partition coefficient (Wildman–Crippen LogP) is 2.36. The molecule has 0 N–H and O–H groups in total. The summed E-state index contributed by atoms with van der Waals surface area (Å²) in [4.78, 5) is 16.7. The molecule has 1 aliphatic rings. The van der Waals surface area contributed by atoms with Crippen LogP contribution in [0.5, 0.6) is 5.75 Å². The lowest BCUT2D eigenvalue weighted by Crippen LogP contribution is -2.48. The van der Waals surface area contributed by atoms with E-state index in [0.29, 0.717) is 11.4 Å². The first-order chi connectivity index (χ1) is 10.0. The zero-order chi connectivity index (χ0) is 15.4. The van der Waals surface area contributed by atoms with Crippen LogP contribution in [0, 0.1) is 6.92 Å². The van der Waals surface area contributed by atoms with Crippen LogP contribution >= 0.6 is 11.6 Å². The van der Waals surface area contributed by atoms with E-state index in [9.17, 15) is 4.79 Å². The highest BCUT2D eigenvalue weighted by Crippen LogP contribution is 2.28. The van der Waals surface area contributed by atoms with Crippen molar-refractivity contribution in [1.82, 2.24) is 9.80 Å². The number of carbonyl (C=O) groups is 1. The van der Waals surface area contributed by atoms with E-state index in [4.69, 9.17) is 16.3 Å². The topological polar surface area (TPSA) is 32.8 Å². The largest absolute Gasteiger partial charge is 0.496 e. The maximum Gasteiger partial charge on any atom is 0.227 e. The lowest BCUT2D eigenvalue weighted by Gasteiger charge is -2.34. The molecule has 1 aromatic carbocycles. The molecule has 0 unspecified atom stereocenters. The van der Waals surface area contributed by atoms with Gasteiger partial charge in [0.1, 0.15) is 5.75 Å². The molecule has 0 bridgehead atoms. The van der Waals surface area contributed by atoms with Gasteiger partial charge in [-0.2, -0.15) is 0 Å². The SMILES string of the molecule is CCN1CCN(C(=O)Cc2cc(Cl)cc(C)c2OC)CC1. The van der Waals surface area contributed by atoms with Gasteiger partial charge in [0.2, 0.25) is 5.91 Å². The van der Waals surface area contributed by atoms with Crippen LogP contribution in [0.3, 0.4) is 0 Å². The molecule has 2 rings (SSSR count). The van der Waals surface area contributed by atoms with E-state index in [1.165, 1.54) is 0 Å². The number of nitrogens with zero attached hydrogens (tertiary/aromatic N) is 2. The highest BCUT2D eigenvalue weighted by Gasteiger charge is 2.21. The first-order valence-corrected chi connectivity index (χ1v) is 7.76. The number of likely N-dealkylation sites (N-methyl/N-ethyl adjacent to an activating group) is 1. The third kappa shape index (κ3) is 3.89. The highest BCUT2D eigenvalue weighted by molar-refractivity contribution is 6.30. The number of carbonyl (C=O) groups excluding carboxylic acids is 1. The molecule has 1 aromatic rings. The molecule has 1 saturated heterocycles. The van der Waals surface area contributed by atoms with Gasteiger partial charge in [-0.3, -0.25) is 4.79 Å². The Morgan fingerprint density at radius 2 is 1.95 bits per heavy atom. The van der Waals surface area contributed by atoms with Crippen LogP contribution in [-0.2, 0) is 11.2 Å². The van der Waals surface area contributed by atoms with E-state index in [-0.39, 0.29) is 5.91 Å². The van der Waals surface area contributed by atoms with Gasteiger partial charge in [0, 0.05) is 36.8 Å². The summed E-state index contributed by atoms with van der Waals surface area (Å²) in [5.41, 5.74) is 1.83. The molecule has 0 saturated carbocycles. The van der Waals surface area contributed by atoms with E-state index in [2.05, 4.69) is 11.8 Å². The molecule has 1 heterocycles. The van der Waals surface area contributed by atoms with E-state index in [0.717, 1.165) is 49.6 Å². The van der Waals surface area contributed by atoms with Crippen molar-refractivity contribution >= 4 is 17.5 Å². The fourth-order valence-corrected chi connectivity index (χ4v) is 3.11. The molecule has 1 aliphatic heterocycles. The van der Waals surface area contributed by atoms with Crippen LogP contribution in [0.25, 0.3) is 0 Å². The van der Waals surface area contributed by atoms with Crippen LogP contribution in [0.1, 0.15) is 18.1 Å². The number of piperazine rings is 1. The molecule has 5 heteroatoms. The van der Waals surface area contributed by atoms with Gasteiger partial charge in [0.15, 0.2) is 0 Å². The Morgan fingerprint density at radius 1 is 1.29 bits per heavy atom. The summed E-state index contributed by atoms with van der Waals surface area (Å²) in [5, 5.41) is 0.645. The van der Waals surface area contributed by atoms with E-state index >= 15 is 0 Å². The number of ether oxygens (including phenoxy) is 1. The van der Waals surface area contributed by atoms with Gasteiger partial charge < -0.3 is 14.5 Å². The molecule has 1 amide bonds. The summed E-state index contributed by atoms with van der Waals surface area (Å²) in [6.45, 7) is 8.64. The Labute approximate surface area is 131 Å². The molecule has 0 radical (unpaired) electrons. The number of hydrogen-bond donors (Lipinski definition) is 0. The smallest absolute Gasteiger partial charge is 0.227 e. The summed E-state index contributed by atoms with van der Waals surface area (Å²) >= 11 is 6.10. The molecule has 0 aromatic heterocycles. The maximum absolute atomic E-state index is 12.5. The summed E-state index contributed by atoms with van der Waals surface area (Å²) < 4.78 is 5.42. The summed E-state index contributed by atoms with van der Waals surface area (Å²) in [6, 6.07) is 3.68. The minimum absolute atomic E-state index is 0.144. The molecule has 0 aliphatic carbocycles. The van der Waals surface area contributed by atoms with E-state index in [1.807, 2.05) is 24.0 Å². The standard InChI is InChI=1S/C16H23ClN2O2/c1-4-18-5-7-19(8-6-18)15(20)11-13-10-14(17)9-12(2)16(13)21-3/h9-10H,4-8,11H2,1-3H3. The highest BCUT2D eigenvalue weighted by atomic mass is 35.5. The Kier molecular flexibility index (Phi) is 5.48. The van der Waals surface area contributed by atoms with Crippen molar-refractivity contribution in [3.05, 3.63) is 28.3 Å². The molecule has 0 atom stereocenters. The predicted molar refractivity (Wildman–Crippen MR) is 85.1 cm³/mol. The van der Waals surface area contributed by atoms with E-state index in [1.54, 1.807) is 7.11 Å². The van der Waals surface area contributed by atoms with Gasteiger partial charge in [-0.25, -0.2) is 0 Å². The second-order valence-electron chi connectivity index (χ2n) is 5.41. The quantitative estimate of drug-likeness (QED) is 0.856. The van der Waals surface area contributed by atoms with Crippen molar-refractivity contribution in [1.29, 1.82) is 0 Å². The van der Waals surface area contributed by atoms with Crippen molar-refractivity contribution in [2.75, 3.05) is 39.8 Å². The third-order valence-electron chi connectivity index (χ3n) is 4.03. The zero-order valence-electron chi connectivity index (χ0n) is 13.0. The van der Waals surface area contributed by atoms with Crippen molar-refractivity contribution in [3.63, 3.8) is 0 Å². The van der Waals surface area contributed by atoms with Crippen molar-refractivity contribution < 1.29 is 9.53 Å². The second-order valence-corrected chi connectivity index (χ2v) is 5.84. The van der Waals surface area contributed by atoms with Gasteiger partial charge in [0.25, 0.3) is 0 Å². The molecule has 0 spiro atoms. The van der Waals surface area contributed by atoms with Gasteiger partial charge in [-0.15, -0.1) is 0 Å². The monoisotopic (exact) mass is 310 g/mol. The number of amides is 1. The molecule has 4 nitrogen and oxygen atoms in total. The number of benzene rings is 1. The lowest BCUT2D eigenvalue weighted by atomic mass is 10.1. The number of methoxy groups -OCH3 is 1. The number of aryl methyl sites for hydroxylation is 1. The second kappa shape index (κ2) is 7.14. The van der Waals surface area contributed by atoms with Crippen molar-refractivity contribution in [2.45, 2.75) is 20.3 Å². The van der Waals surface area contributed by atoms with Gasteiger partial charge >= 0.3 is 0 Å². The summed E-state index contributed by atoms with van der Waals surface area (Å²) in [5.74, 6) is 0.908. The van der Waals surface area contributed by atoms with Gasteiger partial charge in [-0.1, -0.05) is 18.5 Å². The number of halogens is 1. The molecule has 116 valence electrons. The lowest BCUT2D eigenvalue weighted by molar-refractivity contribution is -0.132. The third-order valence-corrected chi connectivity index (χ3v) is 4.25. The fraction of sp³-hybridized carbons (Fsp3) is 0.562. The minimum atomic E-state index is 0.144.